The largest absolute Gasteiger partial charge is 0.311 e. The first-order chi connectivity index (χ1) is 28.1. The smallest absolute Gasteiger partial charge is 0.189 e. The van der Waals surface area contributed by atoms with Gasteiger partial charge in [-0.3, -0.25) is 0 Å². The summed E-state index contributed by atoms with van der Waals surface area (Å²) in [5, 5.41) is 16.3. The van der Waals surface area contributed by atoms with E-state index >= 15 is 0 Å². The van der Waals surface area contributed by atoms with Gasteiger partial charge in [0.1, 0.15) is 0 Å². The predicted octanol–water partition coefficient (Wildman–Crippen LogP) is 13.6. The molecule has 0 radical (unpaired) electrons. The Hall–Kier alpha value is -8.37. The van der Waals surface area contributed by atoms with Gasteiger partial charge in [-0.25, -0.2) is 9.69 Å². The molecular weight excluding hydrogens is 697 g/mol. The van der Waals surface area contributed by atoms with Crippen LogP contribution in [0.5, 0.6) is 0 Å². The van der Waals surface area contributed by atoms with Crippen LogP contribution in [0.2, 0.25) is 0 Å². The van der Waals surface area contributed by atoms with Gasteiger partial charge in [0.25, 0.3) is 0 Å². The van der Waals surface area contributed by atoms with Crippen LogP contribution in [0.1, 0.15) is 5.56 Å². The number of benzene rings is 8. The van der Waals surface area contributed by atoms with Crippen LogP contribution in [0.4, 0.5) is 11.4 Å². The Morgan fingerprint density at radius 2 is 0.982 bits per heavy atom. The molecule has 262 valence electrons. The lowest BCUT2D eigenvalue weighted by atomic mass is 10.0. The van der Waals surface area contributed by atoms with Crippen molar-refractivity contribution in [2.24, 2.45) is 0 Å². The fourth-order valence-corrected chi connectivity index (χ4v) is 8.82. The second kappa shape index (κ2) is 12.3. The highest BCUT2D eigenvalue weighted by atomic mass is 15.1. The molecule has 6 heteroatoms. The van der Waals surface area contributed by atoms with Crippen LogP contribution in [-0.2, 0) is 0 Å². The van der Waals surface area contributed by atoms with Gasteiger partial charge in [0.2, 0.25) is 0 Å². The van der Waals surface area contributed by atoms with Gasteiger partial charge in [-0.1, -0.05) is 84.9 Å². The Kier molecular flexibility index (Phi) is 6.95. The van der Waals surface area contributed by atoms with E-state index in [0.29, 0.717) is 16.9 Å². The fourth-order valence-electron chi connectivity index (χ4n) is 8.82. The lowest BCUT2D eigenvalue weighted by Crippen LogP contribution is -2.00. The third-order valence-corrected chi connectivity index (χ3v) is 11.2. The van der Waals surface area contributed by atoms with Crippen LogP contribution in [-0.4, -0.2) is 13.7 Å². The molecule has 11 rings (SSSR count). The van der Waals surface area contributed by atoms with E-state index < -0.39 is 0 Å². The summed E-state index contributed by atoms with van der Waals surface area (Å²) in [5.74, 6) is 0. The van der Waals surface area contributed by atoms with Crippen molar-refractivity contribution in [2.75, 3.05) is 0 Å². The third-order valence-electron chi connectivity index (χ3n) is 11.2. The average molecular weight is 725 g/mol. The first kappa shape index (κ1) is 32.1. The molecule has 0 fully saturated rings. The van der Waals surface area contributed by atoms with Gasteiger partial charge in [-0.15, -0.1) is 0 Å². The van der Waals surface area contributed by atoms with Gasteiger partial charge in [0.15, 0.2) is 11.4 Å². The van der Waals surface area contributed by atoms with Crippen molar-refractivity contribution >= 4 is 76.8 Å². The third kappa shape index (κ3) is 4.74. The van der Waals surface area contributed by atoms with Crippen molar-refractivity contribution in [3.8, 4) is 34.3 Å². The van der Waals surface area contributed by atoms with Gasteiger partial charge < -0.3 is 13.7 Å². The molecular formula is C51H28N6. The minimum absolute atomic E-state index is 0.520. The second-order valence-corrected chi connectivity index (χ2v) is 14.3. The normalized spacial score (nSPS) is 11.5. The van der Waals surface area contributed by atoms with Gasteiger partial charge in [-0.05, 0) is 101 Å². The molecule has 0 N–H and O–H groups in total. The standard InChI is InChI=1S/C51H28N6/c1-53-35-21-25-49-44(30-35)43-26-32(31-52)18-24-48(43)55(49)38-28-34(27-36(29-38)54-2)33-19-22-37(23-20-33)56-45-14-6-5-12-41(45)42-13-9-17-50(51(42)56)57-46-15-7-3-10-39(46)40-11-4-8-16-47(40)57/h3-30H. The maximum atomic E-state index is 9.70. The Bertz CT molecular complexity index is 3490. The average Bonchev–Trinajstić information content (AvgIpc) is 3.91. The van der Waals surface area contributed by atoms with Crippen LogP contribution in [0.3, 0.4) is 0 Å². The van der Waals surface area contributed by atoms with E-state index in [0.717, 1.165) is 72.1 Å². The van der Waals surface area contributed by atoms with E-state index in [1.807, 2.05) is 48.5 Å². The summed E-state index contributed by atoms with van der Waals surface area (Å²) in [6.07, 6.45) is 0. The lowest BCUT2D eigenvalue weighted by molar-refractivity contribution is 1.13. The summed E-state index contributed by atoms with van der Waals surface area (Å²) in [5.41, 5.74) is 12.9. The maximum absolute atomic E-state index is 9.70. The monoisotopic (exact) mass is 724 g/mol. The number of hydrogen-bond acceptors (Lipinski definition) is 1. The maximum Gasteiger partial charge on any atom is 0.189 e. The molecule has 0 amide bonds. The van der Waals surface area contributed by atoms with Gasteiger partial charge >= 0.3 is 0 Å². The number of nitriles is 1. The lowest BCUT2D eigenvalue weighted by Gasteiger charge is -2.15. The first-order valence-corrected chi connectivity index (χ1v) is 18.6. The molecule has 0 aliphatic carbocycles. The summed E-state index contributed by atoms with van der Waals surface area (Å²) in [4.78, 5) is 7.56. The molecule has 0 bridgehead atoms. The number of para-hydroxylation sites is 4. The SMILES string of the molecule is [C-]#[N+]c1cc(-c2ccc(-n3c4ccccc4c4cccc(-n5c6ccccc6c6ccccc65)c43)cc2)cc(-n2c3ccc(C#N)cc3c3cc([N+]#[C-])ccc32)c1. The summed E-state index contributed by atoms with van der Waals surface area (Å²) in [6, 6.07) is 60.5. The van der Waals surface area contributed by atoms with Crippen molar-refractivity contribution in [1.29, 1.82) is 5.26 Å². The van der Waals surface area contributed by atoms with Crippen molar-refractivity contribution in [1.82, 2.24) is 13.7 Å². The zero-order valence-electron chi connectivity index (χ0n) is 30.3. The zero-order valence-corrected chi connectivity index (χ0v) is 30.3. The van der Waals surface area contributed by atoms with Crippen molar-refractivity contribution in [3.63, 3.8) is 0 Å². The molecule has 57 heavy (non-hydrogen) atoms. The molecule has 0 spiro atoms. The van der Waals surface area contributed by atoms with E-state index in [1.54, 1.807) is 0 Å². The van der Waals surface area contributed by atoms with E-state index in [9.17, 15) is 5.26 Å². The van der Waals surface area contributed by atoms with E-state index in [2.05, 4.69) is 151 Å². The minimum Gasteiger partial charge on any atom is -0.311 e. The Labute approximate surface area is 327 Å². The minimum atomic E-state index is 0.520. The molecule has 0 unspecified atom stereocenters. The highest BCUT2D eigenvalue weighted by Gasteiger charge is 2.20. The molecule has 0 saturated heterocycles. The molecule has 0 saturated carbocycles. The van der Waals surface area contributed by atoms with Crippen LogP contribution >= 0.6 is 0 Å². The summed E-state index contributed by atoms with van der Waals surface area (Å²) < 4.78 is 6.89. The number of nitrogens with zero attached hydrogens (tertiary/aromatic N) is 6. The summed E-state index contributed by atoms with van der Waals surface area (Å²) >= 11 is 0. The fraction of sp³-hybridized carbons (Fsp3) is 0. The number of fused-ring (bicyclic) bond motifs is 9. The Morgan fingerprint density at radius 1 is 0.404 bits per heavy atom. The highest BCUT2D eigenvalue weighted by molar-refractivity contribution is 6.15. The quantitative estimate of drug-likeness (QED) is 0.167. The van der Waals surface area contributed by atoms with Crippen molar-refractivity contribution < 1.29 is 0 Å². The highest BCUT2D eigenvalue weighted by Crippen LogP contribution is 2.41. The summed E-state index contributed by atoms with van der Waals surface area (Å²) in [6.45, 7) is 15.7. The molecule has 0 aliphatic rings. The molecule has 0 atom stereocenters. The number of rotatable bonds is 4. The topological polar surface area (TPSA) is 47.3 Å². The molecule has 8 aromatic carbocycles. The van der Waals surface area contributed by atoms with Crippen molar-refractivity contribution in [2.45, 2.75) is 0 Å². The van der Waals surface area contributed by atoms with Crippen LogP contribution in [0.25, 0.3) is 103 Å². The predicted molar refractivity (Wildman–Crippen MR) is 232 cm³/mol. The van der Waals surface area contributed by atoms with Crippen LogP contribution in [0, 0.1) is 24.5 Å². The van der Waals surface area contributed by atoms with Gasteiger partial charge in [0, 0.05) is 38.3 Å². The van der Waals surface area contributed by atoms with Gasteiger partial charge in [0.05, 0.1) is 63.6 Å². The zero-order chi connectivity index (χ0) is 38.2. The second-order valence-electron chi connectivity index (χ2n) is 14.3. The molecule has 3 aromatic heterocycles. The first-order valence-electron chi connectivity index (χ1n) is 18.6. The van der Waals surface area contributed by atoms with E-state index in [-0.39, 0.29) is 0 Å². The molecule has 3 heterocycles. The molecule has 0 aliphatic heterocycles. The van der Waals surface area contributed by atoms with Crippen LogP contribution in [0.15, 0.2) is 170 Å². The Morgan fingerprint density at radius 3 is 1.65 bits per heavy atom. The van der Waals surface area contributed by atoms with E-state index in [1.165, 1.54) is 21.5 Å². The van der Waals surface area contributed by atoms with Gasteiger partial charge in [-0.2, -0.15) is 5.26 Å². The van der Waals surface area contributed by atoms with Crippen LogP contribution < -0.4 is 0 Å². The number of hydrogen-bond donors (Lipinski definition) is 0. The Balaban J connectivity index is 1.10. The molecule has 6 nitrogen and oxygen atoms in total. The number of aromatic nitrogens is 3. The summed E-state index contributed by atoms with van der Waals surface area (Å²) in [7, 11) is 0. The molecule has 11 aromatic rings. The van der Waals surface area contributed by atoms with E-state index in [4.69, 9.17) is 13.1 Å². The van der Waals surface area contributed by atoms with Crippen molar-refractivity contribution in [3.05, 3.63) is 198 Å².